The summed E-state index contributed by atoms with van der Waals surface area (Å²) >= 11 is 0. The number of carbonyl (C=O) groups excluding carboxylic acids is 1. The van der Waals surface area contributed by atoms with Crippen LogP contribution in [0, 0.1) is 22.7 Å². The monoisotopic (exact) mass is 482 g/mol. The quantitative estimate of drug-likeness (QED) is 0.592. The van der Waals surface area contributed by atoms with Gasteiger partial charge in [0.25, 0.3) is 0 Å². The Morgan fingerprint density at radius 3 is 2.50 bits per heavy atom. The van der Waals surface area contributed by atoms with Gasteiger partial charge in [0.05, 0.1) is 52.3 Å². The number of hydrogen-bond donors (Lipinski definition) is 0. The van der Waals surface area contributed by atoms with E-state index in [0.717, 1.165) is 0 Å². The lowest BCUT2D eigenvalue weighted by Crippen LogP contribution is -2.47. The fourth-order valence-electron chi connectivity index (χ4n) is 3.91. The second kappa shape index (κ2) is 10.0. The molecule has 0 radical (unpaired) electrons. The lowest BCUT2D eigenvalue weighted by molar-refractivity contribution is 0.201. The van der Waals surface area contributed by atoms with Crippen molar-refractivity contribution in [2.24, 2.45) is 0 Å². The Hall–Kier alpha value is -3.73. The maximum Gasteiger partial charge on any atom is 0.329 e. The van der Waals surface area contributed by atoms with Crippen LogP contribution < -0.4 is 4.90 Å². The predicted molar refractivity (Wildman–Crippen MR) is 123 cm³/mol. The summed E-state index contributed by atoms with van der Waals surface area (Å²) in [7, 11) is -1.06. The van der Waals surface area contributed by atoms with Crippen LogP contribution in [0.2, 0.25) is 0 Å². The fourth-order valence-corrected chi connectivity index (χ4v) is 5.37. The molecular weight excluding hydrogens is 459 g/mol. The highest BCUT2D eigenvalue weighted by atomic mass is 32.2. The summed E-state index contributed by atoms with van der Waals surface area (Å²) in [4.78, 5) is 15.9. The van der Waals surface area contributed by atoms with Gasteiger partial charge in [0, 0.05) is 19.9 Å². The molecule has 1 aliphatic rings. The number of methoxy groups -OCH3 is 1. The van der Waals surface area contributed by atoms with Crippen molar-refractivity contribution >= 4 is 21.6 Å². The zero-order valence-electron chi connectivity index (χ0n) is 18.9. The molecule has 176 valence electrons. The van der Waals surface area contributed by atoms with Crippen LogP contribution in [-0.2, 0) is 21.2 Å². The molecular formula is C24H23FN4O4S. The van der Waals surface area contributed by atoms with Gasteiger partial charge in [0.15, 0.2) is 9.84 Å². The summed E-state index contributed by atoms with van der Waals surface area (Å²) in [5.74, 6) is -0.331. The number of hydrogen-bond acceptors (Lipinski definition) is 6. The Balaban J connectivity index is 2.23. The Bertz CT molecular complexity index is 1340. The van der Waals surface area contributed by atoms with Crippen LogP contribution in [0.25, 0.3) is 0 Å². The average Bonchev–Trinajstić information content (AvgIpc) is 2.84. The van der Waals surface area contributed by atoms with E-state index in [1.165, 1.54) is 48.2 Å². The second-order valence-corrected chi connectivity index (χ2v) is 9.80. The van der Waals surface area contributed by atoms with Gasteiger partial charge in [-0.05, 0) is 42.3 Å². The van der Waals surface area contributed by atoms with Crippen molar-refractivity contribution in [2.45, 2.75) is 24.5 Å². The first-order chi connectivity index (χ1) is 16.2. The largest absolute Gasteiger partial charge is 0.384 e. The zero-order chi connectivity index (χ0) is 25.0. The van der Waals surface area contributed by atoms with Gasteiger partial charge in [-0.15, -0.1) is 0 Å². The molecule has 0 saturated carbocycles. The third-order valence-electron chi connectivity index (χ3n) is 5.65. The third kappa shape index (κ3) is 4.51. The number of benzene rings is 2. The number of nitriles is 2. The van der Waals surface area contributed by atoms with Crippen LogP contribution in [-0.4, -0.2) is 45.9 Å². The smallest absolute Gasteiger partial charge is 0.329 e. The zero-order valence-corrected chi connectivity index (χ0v) is 19.8. The van der Waals surface area contributed by atoms with Crippen LogP contribution >= 0.6 is 0 Å². The minimum Gasteiger partial charge on any atom is -0.384 e. The van der Waals surface area contributed by atoms with E-state index >= 15 is 0 Å². The van der Waals surface area contributed by atoms with E-state index in [1.54, 1.807) is 25.1 Å². The van der Waals surface area contributed by atoms with Gasteiger partial charge >= 0.3 is 6.03 Å². The number of urea groups is 1. The average molecular weight is 483 g/mol. The van der Waals surface area contributed by atoms with Crippen LogP contribution in [0.15, 0.2) is 58.6 Å². The van der Waals surface area contributed by atoms with E-state index in [2.05, 4.69) is 6.07 Å². The van der Waals surface area contributed by atoms with Crippen molar-refractivity contribution in [3.63, 3.8) is 0 Å². The molecule has 0 fully saturated rings. The first-order valence-corrected chi connectivity index (χ1v) is 11.9. The number of ether oxygens (including phenoxy) is 1. The van der Waals surface area contributed by atoms with Crippen LogP contribution in [0.1, 0.15) is 29.7 Å². The number of likely N-dealkylation sites (N-methyl/N-ethyl adjacent to an activating group) is 1. The highest BCUT2D eigenvalue weighted by molar-refractivity contribution is 7.91. The highest BCUT2D eigenvalue weighted by Crippen LogP contribution is 2.40. The van der Waals surface area contributed by atoms with Gasteiger partial charge < -0.3 is 9.64 Å². The van der Waals surface area contributed by atoms with Gasteiger partial charge in [-0.25, -0.2) is 17.6 Å². The normalized spacial score (nSPS) is 16.4. The fraction of sp³-hybridized carbons (Fsp3) is 0.292. The summed E-state index contributed by atoms with van der Waals surface area (Å²) in [6.45, 7) is 0.814. The second-order valence-electron chi connectivity index (χ2n) is 7.72. The van der Waals surface area contributed by atoms with E-state index < -0.39 is 28.6 Å². The van der Waals surface area contributed by atoms with Crippen molar-refractivity contribution < 1.29 is 22.3 Å². The number of alkyl halides is 1. The van der Waals surface area contributed by atoms with Gasteiger partial charge in [0.1, 0.15) is 6.67 Å². The molecule has 2 aromatic carbocycles. The number of nitrogens with zero attached hydrogens (tertiary/aromatic N) is 4. The Kier molecular flexibility index (Phi) is 7.35. The molecule has 0 spiro atoms. The van der Waals surface area contributed by atoms with Gasteiger partial charge in [-0.3, -0.25) is 4.90 Å². The van der Waals surface area contributed by atoms with Gasteiger partial charge in [-0.1, -0.05) is 18.2 Å². The first-order valence-electron chi connectivity index (χ1n) is 10.3. The van der Waals surface area contributed by atoms with E-state index in [4.69, 9.17) is 4.74 Å². The number of anilines is 1. The summed E-state index contributed by atoms with van der Waals surface area (Å²) < 4.78 is 44.3. The van der Waals surface area contributed by atoms with Crippen molar-refractivity contribution in [2.75, 3.05) is 31.4 Å². The maximum absolute atomic E-state index is 13.4. The number of carbonyl (C=O) groups is 1. The van der Waals surface area contributed by atoms with Crippen LogP contribution in [0.5, 0.6) is 0 Å². The molecule has 3 rings (SSSR count). The maximum atomic E-state index is 13.4. The molecule has 34 heavy (non-hydrogen) atoms. The molecule has 0 unspecified atom stereocenters. The van der Waals surface area contributed by atoms with E-state index in [-0.39, 0.29) is 34.0 Å². The van der Waals surface area contributed by atoms with Crippen molar-refractivity contribution in [3.05, 3.63) is 70.4 Å². The topological polar surface area (TPSA) is 114 Å². The lowest BCUT2D eigenvalue weighted by atomic mass is 9.93. The molecule has 0 aromatic heterocycles. The highest BCUT2D eigenvalue weighted by Gasteiger charge is 2.40. The SMILES string of the molecule is COCCS(=O)(=O)c1cc(C#N)ccc1[C@@H]1C(C#N)=C(C)N(c2cccc(CF)c2)C(=O)N1C. The summed E-state index contributed by atoms with van der Waals surface area (Å²) in [6.07, 6.45) is 0. The van der Waals surface area contributed by atoms with Crippen LogP contribution in [0.3, 0.4) is 0 Å². The standard InChI is InChI=1S/C24H23FN4O4S/c1-16-21(15-27)23(28(2)24(30)29(16)19-6-4-5-17(11-19)13-25)20-8-7-18(14-26)12-22(20)34(31,32)10-9-33-3/h4-8,11-12,23H,9-10,13H2,1-3H3/t23-/m1/s1. The molecule has 0 saturated heterocycles. The minimum atomic E-state index is -3.90. The van der Waals surface area contributed by atoms with E-state index in [9.17, 15) is 28.1 Å². The number of rotatable bonds is 7. The van der Waals surface area contributed by atoms with Crippen molar-refractivity contribution in [3.8, 4) is 12.1 Å². The minimum absolute atomic E-state index is 0.0589. The molecule has 1 aliphatic heterocycles. The van der Waals surface area contributed by atoms with Crippen LogP contribution in [0.4, 0.5) is 14.9 Å². The predicted octanol–water partition coefficient (Wildman–Crippen LogP) is 3.86. The molecule has 10 heteroatoms. The number of sulfone groups is 1. The molecule has 0 bridgehead atoms. The Morgan fingerprint density at radius 1 is 1.15 bits per heavy atom. The van der Waals surface area contributed by atoms with Crippen molar-refractivity contribution in [1.82, 2.24) is 4.90 Å². The van der Waals surface area contributed by atoms with Gasteiger partial charge in [0.2, 0.25) is 0 Å². The number of halogens is 1. The summed E-state index contributed by atoms with van der Waals surface area (Å²) in [6, 6.07) is 13.0. The molecule has 0 N–H and O–H groups in total. The first kappa shape index (κ1) is 24.9. The number of amides is 2. The molecule has 2 amide bonds. The molecule has 0 aliphatic carbocycles. The summed E-state index contributed by atoms with van der Waals surface area (Å²) in [5, 5.41) is 19.4. The lowest BCUT2D eigenvalue weighted by Gasteiger charge is -2.40. The summed E-state index contributed by atoms with van der Waals surface area (Å²) in [5.41, 5.74) is 1.56. The third-order valence-corrected chi connectivity index (χ3v) is 7.38. The van der Waals surface area contributed by atoms with Gasteiger partial charge in [-0.2, -0.15) is 10.5 Å². The molecule has 2 aromatic rings. The van der Waals surface area contributed by atoms with E-state index in [1.807, 2.05) is 6.07 Å². The molecule has 1 heterocycles. The molecule has 1 atom stereocenters. The van der Waals surface area contributed by atoms with Crippen molar-refractivity contribution in [1.29, 1.82) is 10.5 Å². The molecule has 8 nitrogen and oxygen atoms in total. The number of allylic oxidation sites excluding steroid dienone is 1. The van der Waals surface area contributed by atoms with E-state index in [0.29, 0.717) is 16.9 Å². The Morgan fingerprint density at radius 2 is 1.88 bits per heavy atom. The Labute approximate surface area is 198 Å².